The number of pyridine rings is 1. The number of hydrogen-bond donors (Lipinski definition) is 0. The molecule has 3 nitrogen and oxygen atoms in total. The molecule has 0 saturated heterocycles. The Bertz CT molecular complexity index is 592. The molecule has 0 radical (unpaired) electrons. The van der Waals surface area contributed by atoms with Gasteiger partial charge in [0.25, 0.3) is 0 Å². The molecule has 0 bridgehead atoms. The molecule has 0 spiro atoms. The average Bonchev–Trinajstić information content (AvgIpc) is 2.71. The van der Waals surface area contributed by atoms with Gasteiger partial charge in [-0.1, -0.05) is 27.7 Å². The van der Waals surface area contributed by atoms with Crippen LogP contribution in [0.15, 0.2) is 0 Å². The first-order chi connectivity index (χ1) is 8.34. The van der Waals surface area contributed by atoms with Crippen molar-refractivity contribution < 1.29 is 0 Å². The molecule has 0 saturated carbocycles. The zero-order valence-electron chi connectivity index (χ0n) is 12.5. The van der Waals surface area contributed by atoms with Crippen LogP contribution in [0, 0.1) is 20.8 Å². The Balaban J connectivity index is 2.85. The van der Waals surface area contributed by atoms with Crippen LogP contribution in [0.3, 0.4) is 0 Å². The van der Waals surface area contributed by atoms with Crippen molar-refractivity contribution in [2.75, 3.05) is 0 Å². The summed E-state index contributed by atoms with van der Waals surface area (Å²) in [6, 6.07) is 0. The molecule has 0 aliphatic rings. The number of aryl methyl sites for hydroxylation is 2. The van der Waals surface area contributed by atoms with Crippen LogP contribution in [0.5, 0.6) is 0 Å². The molecule has 0 amide bonds. The van der Waals surface area contributed by atoms with Crippen molar-refractivity contribution in [3.63, 3.8) is 0 Å². The predicted molar refractivity (Wildman–Crippen MR) is 75.4 cm³/mol. The number of fused-ring (bicyclic) bond motifs is 1. The predicted octanol–water partition coefficient (Wildman–Crippen LogP) is 3.90. The van der Waals surface area contributed by atoms with Crippen LogP contribution >= 0.6 is 0 Å². The summed E-state index contributed by atoms with van der Waals surface area (Å²) in [5.41, 5.74) is 6.26. The van der Waals surface area contributed by atoms with Crippen molar-refractivity contribution in [3.05, 3.63) is 28.2 Å². The largest absolute Gasteiger partial charge is 0.217 e. The number of aromatic nitrogens is 3. The Morgan fingerprint density at radius 1 is 0.889 bits per heavy atom. The maximum absolute atomic E-state index is 4.71. The second-order valence-electron chi connectivity index (χ2n) is 5.76. The van der Waals surface area contributed by atoms with E-state index in [-0.39, 0.29) is 0 Å². The molecule has 0 N–H and O–H groups in total. The highest BCUT2D eigenvalue weighted by Crippen LogP contribution is 2.28. The van der Waals surface area contributed by atoms with E-state index in [1.807, 2.05) is 4.52 Å². The van der Waals surface area contributed by atoms with Gasteiger partial charge in [-0.2, -0.15) is 5.10 Å². The summed E-state index contributed by atoms with van der Waals surface area (Å²) in [6.45, 7) is 15.2. The maximum Gasteiger partial charge on any atom is 0.159 e. The molecule has 18 heavy (non-hydrogen) atoms. The van der Waals surface area contributed by atoms with Crippen LogP contribution < -0.4 is 0 Å². The fraction of sp³-hybridized carbons (Fsp3) is 0.600. The van der Waals surface area contributed by atoms with Crippen molar-refractivity contribution >= 4 is 5.65 Å². The maximum atomic E-state index is 4.71. The third kappa shape index (κ3) is 1.82. The Morgan fingerprint density at radius 3 is 2.00 bits per heavy atom. The molecule has 0 atom stereocenters. The molecule has 0 aliphatic carbocycles. The molecule has 0 aromatic carbocycles. The van der Waals surface area contributed by atoms with E-state index in [0.29, 0.717) is 11.8 Å². The first-order valence-electron chi connectivity index (χ1n) is 6.70. The Morgan fingerprint density at radius 2 is 1.50 bits per heavy atom. The lowest BCUT2D eigenvalue weighted by Crippen LogP contribution is -2.06. The fourth-order valence-electron chi connectivity index (χ4n) is 2.67. The molecule has 2 aromatic rings. The van der Waals surface area contributed by atoms with Crippen molar-refractivity contribution in [2.24, 2.45) is 0 Å². The average molecular weight is 245 g/mol. The zero-order valence-corrected chi connectivity index (χ0v) is 12.5. The van der Waals surface area contributed by atoms with Gasteiger partial charge in [0.15, 0.2) is 11.5 Å². The minimum Gasteiger partial charge on any atom is -0.217 e. The smallest absolute Gasteiger partial charge is 0.159 e. The quantitative estimate of drug-likeness (QED) is 0.803. The van der Waals surface area contributed by atoms with E-state index in [9.17, 15) is 0 Å². The third-order valence-corrected chi connectivity index (χ3v) is 3.72. The molecule has 0 fully saturated rings. The van der Waals surface area contributed by atoms with E-state index in [0.717, 1.165) is 11.5 Å². The Hall–Kier alpha value is -1.38. The van der Waals surface area contributed by atoms with Crippen molar-refractivity contribution in [1.29, 1.82) is 0 Å². The van der Waals surface area contributed by atoms with Gasteiger partial charge in [-0.3, -0.25) is 0 Å². The molecule has 2 heterocycles. The van der Waals surface area contributed by atoms with Crippen LogP contribution in [-0.2, 0) is 0 Å². The number of nitrogens with zero attached hydrogens (tertiary/aromatic N) is 3. The van der Waals surface area contributed by atoms with Gasteiger partial charge in [0, 0.05) is 11.6 Å². The summed E-state index contributed by atoms with van der Waals surface area (Å²) in [4.78, 5) is 4.71. The summed E-state index contributed by atoms with van der Waals surface area (Å²) in [5, 5.41) is 4.64. The second-order valence-corrected chi connectivity index (χ2v) is 5.76. The van der Waals surface area contributed by atoms with E-state index >= 15 is 0 Å². The normalized spacial score (nSPS) is 12.1. The van der Waals surface area contributed by atoms with Gasteiger partial charge in [-0.05, 0) is 43.4 Å². The van der Waals surface area contributed by atoms with Crippen LogP contribution in [0.1, 0.15) is 67.7 Å². The van der Waals surface area contributed by atoms with Crippen LogP contribution in [0.2, 0.25) is 0 Å². The molecule has 0 aliphatic heterocycles. The van der Waals surface area contributed by atoms with E-state index in [1.165, 1.54) is 22.4 Å². The highest BCUT2D eigenvalue weighted by atomic mass is 15.3. The highest BCUT2D eigenvalue weighted by molar-refractivity contribution is 5.56. The number of hydrogen-bond acceptors (Lipinski definition) is 2. The molecule has 0 unspecified atom stereocenters. The first kappa shape index (κ1) is 13.1. The van der Waals surface area contributed by atoms with Crippen molar-refractivity contribution in [1.82, 2.24) is 14.6 Å². The van der Waals surface area contributed by atoms with Crippen LogP contribution in [0.4, 0.5) is 0 Å². The lowest BCUT2D eigenvalue weighted by atomic mass is 9.93. The fourth-order valence-corrected chi connectivity index (χ4v) is 2.67. The summed E-state index contributed by atoms with van der Waals surface area (Å²) in [6.07, 6.45) is 0. The van der Waals surface area contributed by atoms with E-state index < -0.39 is 0 Å². The lowest BCUT2D eigenvalue weighted by molar-refractivity contribution is 0.753. The van der Waals surface area contributed by atoms with Gasteiger partial charge in [0.05, 0.1) is 0 Å². The van der Waals surface area contributed by atoms with Gasteiger partial charge in [-0.15, -0.1) is 0 Å². The molecular weight excluding hydrogens is 222 g/mol. The van der Waals surface area contributed by atoms with E-state index in [2.05, 4.69) is 53.6 Å². The Kier molecular flexibility index (Phi) is 3.18. The monoisotopic (exact) mass is 245 g/mol. The van der Waals surface area contributed by atoms with Gasteiger partial charge in [-0.25, -0.2) is 9.50 Å². The minimum atomic E-state index is 0.367. The van der Waals surface area contributed by atoms with Crippen molar-refractivity contribution in [2.45, 2.75) is 60.3 Å². The molecule has 2 rings (SSSR count). The SMILES string of the molecule is Cc1c(C(C)C)c(C)c2nc(C(C)C)nn2c1C. The Labute approximate surface area is 109 Å². The summed E-state index contributed by atoms with van der Waals surface area (Å²) in [7, 11) is 0. The zero-order chi connectivity index (χ0) is 13.6. The molecule has 3 heteroatoms. The standard InChI is InChI=1S/C15H23N3/c1-8(2)13-10(5)12(7)18-15(11(13)6)16-14(17-18)9(3)4/h8-9H,1-7H3. The van der Waals surface area contributed by atoms with Gasteiger partial charge in [0.2, 0.25) is 0 Å². The molecular formula is C15H23N3. The van der Waals surface area contributed by atoms with Gasteiger partial charge >= 0.3 is 0 Å². The summed E-state index contributed by atoms with van der Waals surface area (Å²) >= 11 is 0. The summed E-state index contributed by atoms with van der Waals surface area (Å²) in [5.74, 6) is 1.82. The topological polar surface area (TPSA) is 30.2 Å². The van der Waals surface area contributed by atoms with E-state index in [4.69, 9.17) is 4.98 Å². The third-order valence-electron chi connectivity index (χ3n) is 3.72. The summed E-state index contributed by atoms with van der Waals surface area (Å²) < 4.78 is 2.01. The van der Waals surface area contributed by atoms with Gasteiger partial charge < -0.3 is 0 Å². The number of rotatable bonds is 2. The highest BCUT2D eigenvalue weighted by Gasteiger charge is 2.18. The van der Waals surface area contributed by atoms with Crippen LogP contribution in [-0.4, -0.2) is 14.6 Å². The molecule has 2 aromatic heterocycles. The van der Waals surface area contributed by atoms with Crippen LogP contribution in [0.25, 0.3) is 5.65 Å². The molecule has 98 valence electrons. The lowest BCUT2D eigenvalue weighted by Gasteiger charge is -2.16. The van der Waals surface area contributed by atoms with E-state index in [1.54, 1.807) is 0 Å². The first-order valence-corrected chi connectivity index (χ1v) is 6.70. The second kappa shape index (κ2) is 4.38. The van der Waals surface area contributed by atoms with Gasteiger partial charge in [0.1, 0.15) is 0 Å². The minimum absolute atomic E-state index is 0.367. The van der Waals surface area contributed by atoms with Crippen molar-refractivity contribution in [3.8, 4) is 0 Å².